The summed E-state index contributed by atoms with van der Waals surface area (Å²) >= 11 is 0. The number of allylic oxidation sites excluding steroid dienone is 1. The van der Waals surface area contributed by atoms with Gasteiger partial charge in [-0.1, -0.05) is 91.8 Å². The van der Waals surface area contributed by atoms with Gasteiger partial charge in [0.05, 0.1) is 0 Å². The number of nitrogens with zero attached hydrogens (tertiary/aromatic N) is 1. The van der Waals surface area contributed by atoms with Gasteiger partial charge in [-0.05, 0) is 83.2 Å². The van der Waals surface area contributed by atoms with E-state index in [1.165, 1.54) is 11.3 Å². The van der Waals surface area contributed by atoms with Crippen molar-refractivity contribution in [3.05, 3.63) is 95.7 Å². The summed E-state index contributed by atoms with van der Waals surface area (Å²) in [7, 11) is 0. The van der Waals surface area contributed by atoms with Gasteiger partial charge < -0.3 is 15.3 Å². The number of phenolic OH excluding ortho intramolecular Hbond substituents is 1. The van der Waals surface area contributed by atoms with Crippen LogP contribution in [0.25, 0.3) is 0 Å². The van der Waals surface area contributed by atoms with Crippen molar-refractivity contribution < 1.29 is 5.11 Å². The molecule has 0 aromatic heterocycles. The molecule has 3 heteroatoms. The molecule has 0 bridgehead atoms. The average molecular weight is 499 g/mol. The molecule has 0 heterocycles. The number of phenols is 1. The van der Waals surface area contributed by atoms with Crippen molar-refractivity contribution in [2.75, 3.05) is 16.8 Å². The van der Waals surface area contributed by atoms with Gasteiger partial charge in [0.2, 0.25) is 0 Å². The molecule has 3 aromatic carbocycles. The van der Waals surface area contributed by atoms with Gasteiger partial charge in [0.15, 0.2) is 0 Å². The number of para-hydroxylation sites is 1. The van der Waals surface area contributed by atoms with Crippen LogP contribution in [0.15, 0.2) is 79.0 Å². The number of aromatic hydroxyl groups is 1. The molecule has 37 heavy (non-hydrogen) atoms. The van der Waals surface area contributed by atoms with Crippen LogP contribution < -0.4 is 10.2 Å². The van der Waals surface area contributed by atoms with Crippen molar-refractivity contribution in [3.8, 4) is 5.75 Å². The molecule has 0 radical (unpaired) electrons. The molecule has 3 aromatic rings. The largest absolute Gasteiger partial charge is 0.507 e. The van der Waals surface area contributed by atoms with Crippen molar-refractivity contribution in [2.24, 2.45) is 0 Å². The Morgan fingerprint density at radius 2 is 1.38 bits per heavy atom. The highest BCUT2D eigenvalue weighted by Gasteiger charge is 2.26. The molecular weight excluding hydrogens is 452 g/mol. The fourth-order valence-electron chi connectivity index (χ4n) is 4.60. The SMILES string of the molecule is C=C(CCc1cc(C(C)(C)C)c(O)c(C(C)(C)C)c1)N(CCCC)c1ccc(Nc2ccccc2)cc1. The van der Waals surface area contributed by atoms with Gasteiger partial charge in [0, 0.05) is 29.3 Å². The molecule has 0 fully saturated rings. The minimum absolute atomic E-state index is 0.125. The zero-order chi connectivity index (χ0) is 27.2. The number of hydrogen-bond acceptors (Lipinski definition) is 3. The van der Waals surface area contributed by atoms with E-state index in [9.17, 15) is 5.11 Å². The summed E-state index contributed by atoms with van der Waals surface area (Å²) in [4.78, 5) is 2.37. The summed E-state index contributed by atoms with van der Waals surface area (Å²) in [5.41, 5.74) is 7.50. The van der Waals surface area contributed by atoms with Crippen LogP contribution in [0.1, 0.15) is 84.4 Å². The molecule has 0 unspecified atom stereocenters. The molecule has 0 saturated heterocycles. The van der Waals surface area contributed by atoms with E-state index in [1.54, 1.807) is 0 Å². The zero-order valence-corrected chi connectivity index (χ0v) is 24.0. The molecule has 0 saturated carbocycles. The second-order valence-corrected chi connectivity index (χ2v) is 12.1. The lowest BCUT2D eigenvalue weighted by Crippen LogP contribution is -2.23. The number of nitrogens with one attached hydrogen (secondary N) is 1. The number of hydrogen-bond donors (Lipinski definition) is 2. The van der Waals surface area contributed by atoms with Crippen LogP contribution in [-0.4, -0.2) is 11.7 Å². The first kappa shape index (κ1) is 28.4. The Balaban J connectivity index is 1.79. The van der Waals surface area contributed by atoms with Crippen LogP contribution >= 0.6 is 0 Å². The van der Waals surface area contributed by atoms with E-state index in [-0.39, 0.29) is 10.8 Å². The zero-order valence-electron chi connectivity index (χ0n) is 24.0. The Labute approximate surface area is 225 Å². The predicted octanol–water partition coefficient (Wildman–Crippen LogP) is 9.48. The van der Waals surface area contributed by atoms with Gasteiger partial charge in [0.25, 0.3) is 0 Å². The summed E-state index contributed by atoms with van der Waals surface area (Å²) in [5.74, 6) is 0.441. The van der Waals surface area contributed by atoms with Gasteiger partial charge in [-0.2, -0.15) is 0 Å². The molecule has 0 atom stereocenters. The molecule has 3 rings (SSSR count). The Morgan fingerprint density at radius 1 is 0.838 bits per heavy atom. The number of anilines is 3. The van der Waals surface area contributed by atoms with Gasteiger partial charge in [-0.3, -0.25) is 0 Å². The summed E-state index contributed by atoms with van der Waals surface area (Å²) in [5, 5.41) is 14.5. The first-order chi connectivity index (χ1) is 17.4. The Morgan fingerprint density at radius 3 is 1.89 bits per heavy atom. The van der Waals surface area contributed by atoms with Crippen molar-refractivity contribution in [3.63, 3.8) is 0 Å². The normalized spacial score (nSPS) is 11.9. The van der Waals surface area contributed by atoms with Crippen LogP contribution in [0.4, 0.5) is 17.1 Å². The number of unbranched alkanes of at least 4 members (excludes halogenated alkanes) is 1. The van der Waals surface area contributed by atoms with Crippen molar-refractivity contribution in [2.45, 2.75) is 85.0 Å². The molecule has 0 spiro atoms. The van der Waals surface area contributed by atoms with Gasteiger partial charge in [0.1, 0.15) is 5.75 Å². The maximum absolute atomic E-state index is 11.1. The highest BCUT2D eigenvalue weighted by molar-refractivity contribution is 5.64. The standard InChI is InChI=1S/C34H46N2O/c1-9-10-22-36(29-20-18-28(19-21-29)35-27-14-12-11-13-15-27)25(2)16-17-26-23-30(33(3,4)5)32(37)31(24-26)34(6,7)8/h11-15,18-21,23-24,35,37H,2,9-10,16-17,22H2,1,3-8H3. The third-order valence-corrected chi connectivity index (χ3v) is 6.85. The minimum atomic E-state index is -0.125. The molecule has 198 valence electrons. The first-order valence-electron chi connectivity index (χ1n) is 13.6. The fourth-order valence-corrected chi connectivity index (χ4v) is 4.60. The first-order valence-corrected chi connectivity index (χ1v) is 13.6. The van der Waals surface area contributed by atoms with Crippen LogP contribution in [-0.2, 0) is 17.3 Å². The predicted molar refractivity (Wildman–Crippen MR) is 161 cm³/mol. The van der Waals surface area contributed by atoms with Crippen molar-refractivity contribution in [1.29, 1.82) is 0 Å². The smallest absolute Gasteiger partial charge is 0.123 e. The topological polar surface area (TPSA) is 35.5 Å². The second kappa shape index (κ2) is 11.9. The molecule has 0 aliphatic carbocycles. The lowest BCUT2D eigenvalue weighted by Gasteiger charge is -2.29. The maximum atomic E-state index is 11.1. The van der Waals surface area contributed by atoms with Crippen LogP contribution in [0.5, 0.6) is 5.75 Å². The van der Waals surface area contributed by atoms with Gasteiger partial charge in [-0.15, -0.1) is 0 Å². The monoisotopic (exact) mass is 498 g/mol. The molecule has 0 aliphatic rings. The molecule has 3 nitrogen and oxygen atoms in total. The molecular formula is C34H46N2O. The summed E-state index contributed by atoms with van der Waals surface area (Å²) in [6, 6.07) is 23.3. The lowest BCUT2D eigenvalue weighted by molar-refractivity contribution is 0.422. The summed E-state index contributed by atoms with van der Waals surface area (Å²) in [6.45, 7) is 20.7. The third-order valence-electron chi connectivity index (χ3n) is 6.85. The van der Waals surface area contributed by atoms with Crippen LogP contribution in [0.2, 0.25) is 0 Å². The summed E-state index contributed by atoms with van der Waals surface area (Å²) in [6.07, 6.45) is 4.01. The molecule has 0 amide bonds. The van der Waals surface area contributed by atoms with Crippen molar-refractivity contribution >= 4 is 17.1 Å². The number of benzene rings is 3. The van der Waals surface area contributed by atoms with E-state index in [4.69, 9.17) is 0 Å². The van der Waals surface area contributed by atoms with E-state index in [1.807, 2.05) is 18.2 Å². The van der Waals surface area contributed by atoms with E-state index in [2.05, 4.69) is 114 Å². The van der Waals surface area contributed by atoms with E-state index in [0.29, 0.717) is 5.75 Å². The van der Waals surface area contributed by atoms with E-state index in [0.717, 1.165) is 60.4 Å². The van der Waals surface area contributed by atoms with Gasteiger partial charge >= 0.3 is 0 Å². The van der Waals surface area contributed by atoms with E-state index < -0.39 is 0 Å². The third kappa shape index (κ3) is 7.64. The highest BCUT2D eigenvalue weighted by Crippen LogP contribution is 2.40. The highest BCUT2D eigenvalue weighted by atomic mass is 16.3. The Hall–Kier alpha value is -3.20. The minimum Gasteiger partial charge on any atom is -0.507 e. The Kier molecular flexibility index (Phi) is 9.12. The van der Waals surface area contributed by atoms with Crippen LogP contribution in [0.3, 0.4) is 0 Å². The quantitative estimate of drug-likeness (QED) is 0.292. The van der Waals surface area contributed by atoms with Crippen molar-refractivity contribution in [1.82, 2.24) is 0 Å². The summed E-state index contributed by atoms with van der Waals surface area (Å²) < 4.78 is 0. The molecule has 0 aliphatic heterocycles. The molecule has 2 N–H and O–H groups in total. The number of aryl methyl sites for hydroxylation is 1. The van der Waals surface area contributed by atoms with E-state index >= 15 is 0 Å². The fraction of sp³-hybridized carbons (Fsp3) is 0.412. The Bertz CT molecular complexity index is 1130. The number of rotatable bonds is 10. The van der Waals surface area contributed by atoms with Crippen LogP contribution in [0, 0.1) is 0 Å². The second-order valence-electron chi connectivity index (χ2n) is 12.1. The van der Waals surface area contributed by atoms with Gasteiger partial charge in [-0.25, -0.2) is 0 Å². The average Bonchev–Trinajstić information content (AvgIpc) is 2.83. The maximum Gasteiger partial charge on any atom is 0.123 e. The lowest BCUT2D eigenvalue weighted by atomic mass is 9.78.